The molecule has 20 heavy (non-hydrogen) atoms. The zero-order valence-corrected chi connectivity index (χ0v) is 15.1. The number of aromatic nitrogens is 2. The highest BCUT2D eigenvalue weighted by Crippen LogP contribution is 2.36. The molecule has 3 rings (SSSR count). The van der Waals surface area contributed by atoms with E-state index in [9.17, 15) is 0 Å². The quantitative estimate of drug-likeness (QED) is 0.440. The molecule has 1 atom stereocenters. The van der Waals surface area contributed by atoms with Crippen LogP contribution in [-0.4, -0.2) is 27.6 Å². The van der Waals surface area contributed by atoms with Crippen LogP contribution < -0.4 is 5.46 Å². The van der Waals surface area contributed by atoms with Crippen molar-refractivity contribution in [3.8, 4) is 0 Å². The number of nitrogens with zero attached hydrogens (tertiary/aromatic N) is 2. The molecular weight excluding hydrogens is 385 g/mol. The third kappa shape index (κ3) is 2.30. The van der Waals surface area contributed by atoms with Crippen molar-refractivity contribution in [1.29, 1.82) is 0 Å². The lowest BCUT2D eigenvalue weighted by Gasteiger charge is -2.32. The molecule has 2 heterocycles. The average molecular weight is 402 g/mol. The number of halogens is 1. The van der Waals surface area contributed by atoms with Crippen LogP contribution in [0.15, 0.2) is 24.5 Å². The number of hydrogen-bond acceptors (Lipinski definition) is 3. The molecule has 1 fully saturated rings. The van der Waals surface area contributed by atoms with Crippen LogP contribution in [0, 0.1) is 0 Å². The fourth-order valence-electron chi connectivity index (χ4n) is 2.22. The lowest BCUT2D eigenvalue weighted by molar-refractivity contribution is 0.00578. The summed E-state index contributed by atoms with van der Waals surface area (Å²) in [6, 6.07) is 6.22. The van der Waals surface area contributed by atoms with Crippen LogP contribution in [0.5, 0.6) is 0 Å². The van der Waals surface area contributed by atoms with Crippen molar-refractivity contribution < 1.29 is 9.31 Å². The van der Waals surface area contributed by atoms with E-state index in [1.807, 2.05) is 6.33 Å². The van der Waals surface area contributed by atoms with Crippen LogP contribution in [0.4, 0.5) is 0 Å². The van der Waals surface area contributed by atoms with Crippen LogP contribution in [0.1, 0.15) is 27.7 Å². The number of fused-ring (bicyclic) bond motifs is 1. The molecule has 1 aliphatic rings. The maximum atomic E-state index is 6.08. The zero-order valence-electron chi connectivity index (χ0n) is 12.0. The van der Waals surface area contributed by atoms with Crippen molar-refractivity contribution in [2.45, 2.75) is 38.9 Å². The molecular formula is C13H17BIN2O2P. The van der Waals surface area contributed by atoms with Crippen molar-refractivity contribution >= 4 is 52.0 Å². The summed E-state index contributed by atoms with van der Waals surface area (Å²) < 4.78 is 14.3. The number of benzene rings is 1. The van der Waals surface area contributed by atoms with E-state index in [1.54, 1.807) is 0 Å². The maximum absolute atomic E-state index is 6.08. The van der Waals surface area contributed by atoms with E-state index in [1.165, 1.54) is 0 Å². The van der Waals surface area contributed by atoms with Crippen LogP contribution in [-0.2, 0) is 9.31 Å². The third-order valence-corrected chi connectivity index (χ3v) is 6.29. The van der Waals surface area contributed by atoms with E-state index in [0.29, 0.717) is 6.37 Å². The van der Waals surface area contributed by atoms with E-state index < -0.39 is 0 Å². The van der Waals surface area contributed by atoms with Crippen molar-refractivity contribution in [3.63, 3.8) is 0 Å². The molecule has 1 aromatic carbocycles. The molecule has 1 aliphatic heterocycles. The van der Waals surface area contributed by atoms with Crippen LogP contribution in [0.25, 0.3) is 11.0 Å². The second-order valence-electron chi connectivity index (χ2n) is 6.04. The van der Waals surface area contributed by atoms with Gasteiger partial charge in [-0.05, 0) is 67.3 Å². The zero-order chi connectivity index (χ0) is 14.5. The van der Waals surface area contributed by atoms with Crippen LogP contribution in [0.2, 0.25) is 0 Å². The van der Waals surface area contributed by atoms with Gasteiger partial charge >= 0.3 is 7.12 Å². The van der Waals surface area contributed by atoms with Gasteiger partial charge in [0.25, 0.3) is 0 Å². The van der Waals surface area contributed by atoms with Gasteiger partial charge in [-0.1, -0.05) is 6.07 Å². The lowest BCUT2D eigenvalue weighted by Crippen LogP contribution is -2.41. The minimum absolute atomic E-state index is 0.310. The van der Waals surface area contributed by atoms with Gasteiger partial charge in [-0.3, -0.25) is 0 Å². The highest BCUT2D eigenvalue weighted by Gasteiger charge is 2.51. The van der Waals surface area contributed by atoms with Crippen molar-refractivity contribution in [3.05, 3.63) is 24.5 Å². The summed E-state index contributed by atoms with van der Waals surface area (Å²) in [5.41, 5.74) is 2.54. The maximum Gasteiger partial charge on any atom is 0.494 e. The predicted octanol–water partition coefficient (Wildman–Crippen LogP) is 3.13. The Kier molecular flexibility index (Phi) is 3.64. The van der Waals surface area contributed by atoms with Gasteiger partial charge in [0.15, 0.2) is 0 Å². The molecule has 0 N–H and O–H groups in total. The molecule has 0 spiro atoms. The smallest absolute Gasteiger partial charge is 0.399 e. The normalized spacial score (nSPS) is 21.4. The van der Waals surface area contributed by atoms with E-state index in [2.05, 4.69) is 77.3 Å². The van der Waals surface area contributed by atoms with Crippen molar-refractivity contribution in [2.24, 2.45) is 0 Å². The molecule has 1 saturated heterocycles. The Labute approximate surface area is 134 Å². The molecule has 0 amide bonds. The first-order valence-corrected chi connectivity index (χ1v) is 10.6. The molecule has 7 heteroatoms. The van der Waals surface area contributed by atoms with Gasteiger partial charge in [-0.25, -0.2) is 4.98 Å². The molecule has 0 aliphatic carbocycles. The van der Waals surface area contributed by atoms with E-state index in [0.717, 1.165) is 16.5 Å². The summed E-state index contributed by atoms with van der Waals surface area (Å²) in [6.07, 6.45) is 2.53. The fraction of sp³-hybridized carbons (Fsp3) is 0.462. The fourth-order valence-corrected chi connectivity index (χ4v) is 3.76. The topological polar surface area (TPSA) is 36.3 Å². The van der Waals surface area contributed by atoms with Gasteiger partial charge in [-0.15, -0.1) is 0 Å². The minimum atomic E-state index is -0.323. The Hall–Kier alpha value is -0.165. The average Bonchev–Trinajstić information content (AvgIpc) is 2.87. The summed E-state index contributed by atoms with van der Waals surface area (Å²) >= 11 is 2.36. The molecule has 0 bridgehead atoms. The first kappa shape index (κ1) is 14.8. The van der Waals surface area contributed by atoms with Gasteiger partial charge < -0.3 is 13.6 Å². The summed E-state index contributed by atoms with van der Waals surface area (Å²) in [5.74, 6) is 0. The second-order valence-corrected chi connectivity index (χ2v) is 8.13. The summed E-state index contributed by atoms with van der Waals surface area (Å²) in [5, 5.41) is 0. The highest BCUT2D eigenvalue weighted by molar-refractivity contribution is 14.2. The Morgan fingerprint density at radius 1 is 1.20 bits per heavy atom. The van der Waals surface area contributed by atoms with E-state index >= 15 is 0 Å². The largest absolute Gasteiger partial charge is 0.494 e. The standard InChI is InChI=1S/C13H17BIN2O2P/c1-12(2)13(3,4)19-14(18-12)9-5-6-11-10(7-9)16-8-17(11)20-15/h5-8,20H,1-4H3. The number of imidazole rings is 1. The Bertz CT molecular complexity index is 643. The molecule has 0 saturated carbocycles. The monoisotopic (exact) mass is 402 g/mol. The molecule has 0 radical (unpaired) electrons. The third-order valence-electron chi connectivity index (χ3n) is 4.19. The predicted molar refractivity (Wildman–Crippen MR) is 93.2 cm³/mol. The molecule has 106 valence electrons. The Morgan fingerprint density at radius 2 is 1.85 bits per heavy atom. The second kappa shape index (κ2) is 4.94. The molecule has 1 unspecified atom stereocenters. The minimum Gasteiger partial charge on any atom is -0.399 e. The molecule has 2 aromatic rings. The first-order chi connectivity index (χ1) is 9.34. The van der Waals surface area contributed by atoms with Crippen molar-refractivity contribution in [1.82, 2.24) is 9.32 Å². The van der Waals surface area contributed by atoms with Gasteiger partial charge in [0.05, 0.1) is 28.6 Å². The van der Waals surface area contributed by atoms with Gasteiger partial charge in [-0.2, -0.15) is 0 Å². The van der Waals surface area contributed by atoms with Crippen molar-refractivity contribution in [2.75, 3.05) is 0 Å². The van der Waals surface area contributed by atoms with E-state index in [4.69, 9.17) is 9.31 Å². The Balaban J connectivity index is 1.96. The summed E-state index contributed by atoms with van der Waals surface area (Å²) in [6.45, 7) is 8.27. The molecule has 4 nitrogen and oxygen atoms in total. The highest BCUT2D eigenvalue weighted by atomic mass is 127. The van der Waals surface area contributed by atoms with Gasteiger partial charge in [0, 0.05) is 6.37 Å². The lowest BCUT2D eigenvalue weighted by atomic mass is 9.79. The van der Waals surface area contributed by atoms with Crippen LogP contribution >= 0.6 is 28.4 Å². The Morgan fingerprint density at radius 3 is 2.45 bits per heavy atom. The van der Waals surface area contributed by atoms with Crippen LogP contribution in [0.3, 0.4) is 0 Å². The number of hydrogen-bond donors (Lipinski definition) is 0. The molecule has 1 aromatic heterocycles. The van der Waals surface area contributed by atoms with E-state index in [-0.39, 0.29) is 18.3 Å². The summed E-state index contributed by atoms with van der Waals surface area (Å²) in [4.78, 5) is 4.45. The summed E-state index contributed by atoms with van der Waals surface area (Å²) in [7, 11) is -0.323. The SMILES string of the molecule is CC1(C)OB(c2ccc3c(c2)ncn3PI)OC1(C)C. The number of rotatable bonds is 2. The van der Waals surface area contributed by atoms with Gasteiger partial charge in [0.2, 0.25) is 0 Å². The first-order valence-electron chi connectivity index (χ1n) is 6.53. The van der Waals surface area contributed by atoms with Gasteiger partial charge in [0.1, 0.15) is 0 Å².